The normalized spacial score (nSPS) is 22.5. The minimum Gasteiger partial charge on any atom is -0.378 e. The van der Waals surface area contributed by atoms with Crippen LogP contribution in [0.4, 0.5) is 5.82 Å². The molecule has 122 valence electrons. The molecule has 0 N–H and O–H groups in total. The van der Waals surface area contributed by atoms with Crippen LogP contribution in [0.2, 0.25) is 0 Å². The number of rotatable bonds is 2. The fraction of sp³-hybridized carbons (Fsp3) is 0.643. The van der Waals surface area contributed by atoms with Crippen molar-refractivity contribution in [2.45, 2.75) is 12.8 Å². The Labute approximate surface area is 133 Å². The maximum absolute atomic E-state index is 12.7. The first-order chi connectivity index (χ1) is 11.3. The van der Waals surface area contributed by atoms with Gasteiger partial charge in [-0.2, -0.15) is 0 Å². The zero-order valence-corrected chi connectivity index (χ0v) is 12.8. The molecule has 0 saturated carbocycles. The van der Waals surface area contributed by atoms with Gasteiger partial charge in [0.25, 0.3) is 0 Å². The van der Waals surface area contributed by atoms with E-state index in [2.05, 4.69) is 25.5 Å². The summed E-state index contributed by atoms with van der Waals surface area (Å²) in [5, 5.41) is 15.7. The highest BCUT2D eigenvalue weighted by Gasteiger charge is 2.30. The number of ether oxygens (including phenoxy) is 1. The van der Waals surface area contributed by atoms with Crippen LogP contribution < -0.4 is 4.90 Å². The average molecular weight is 317 g/mol. The molecule has 1 amide bonds. The van der Waals surface area contributed by atoms with Crippen LogP contribution in [-0.4, -0.2) is 75.5 Å². The highest BCUT2D eigenvalue weighted by molar-refractivity contribution is 5.79. The third-order valence-electron chi connectivity index (χ3n) is 4.47. The number of anilines is 1. The van der Waals surface area contributed by atoms with Crippen LogP contribution in [-0.2, 0) is 9.53 Å². The number of aromatic nitrogens is 5. The minimum atomic E-state index is 0.0215. The predicted molar refractivity (Wildman–Crippen MR) is 80.9 cm³/mol. The smallest absolute Gasteiger partial charge is 0.227 e. The number of morpholine rings is 1. The SMILES string of the molecule is O=C([C@@H]1CCCN(c2ccc3nnnn3n2)C1)N1CCOCC1. The van der Waals surface area contributed by atoms with Crippen LogP contribution in [0.25, 0.3) is 5.65 Å². The zero-order chi connectivity index (χ0) is 15.6. The number of carbonyl (C=O) groups excluding carboxylic acids is 1. The van der Waals surface area contributed by atoms with Gasteiger partial charge in [-0.1, -0.05) is 0 Å². The van der Waals surface area contributed by atoms with Crippen molar-refractivity contribution in [1.29, 1.82) is 0 Å². The van der Waals surface area contributed by atoms with Crippen LogP contribution in [0.5, 0.6) is 0 Å². The predicted octanol–water partition coefficient (Wildman–Crippen LogP) is -0.405. The van der Waals surface area contributed by atoms with Crippen molar-refractivity contribution in [1.82, 2.24) is 30.2 Å². The number of tetrazole rings is 1. The van der Waals surface area contributed by atoms with Gasteiger partial charge in [0.1, 0.15) is 0 Å². The van der Waals surface area contributed by atoms with Crippen LogP contribution >= 0.6 is 0 Å². The van der Waals surface area contributed by atoms with E-state index in [4.69, 9.17) is 4.74 Å². The molecule has 0 spiro atoms. The number of hydrogen-bond donors (Lipinski definition) is 0. The van der Waals surface area contributed by atoms with Gasteiger partial charge < -0.3 is 14.5 Å². The molecule has 2 aromatic rings. The van der Waals surface area contributed by atoms with Crippen molar-refractivity contribution in [2.75, 3.05) is 44.3 Å². The number of piperidine rings is 1. The molecule has 4 heterocycles. The first kappa shape index (κ1) is 14.3. The summed E-state index contributed by atoms with van der Waals surface area (Å²) in [6, 6.07) is 3.75. The number of fused-ring (bicyclic) bond motifs is 1. The van der Waals surface area contributed by atoms with Gasteiger partial charge in [-0.05, 0) is 35.4 Å². The van der Waals surface area contributed by atoms with Gasteiger partial charge in [0.05, 0.1) is 19.1 Å². The molecule has 2 fully saturated rings. The Hall–Kier alpha value is -2.29. The quantitative estimate of drug-likeness (QED) is 0.744. The summed E-state index contributed by atoms with van der Waals surface area (Å²) in [7, 11) is 0. The van der Waals surface area contributed by atoms with Gasteiger partial charge in [-0.25, -0.2) is 0 Å². The maximum atomic E-state index is 12.7. The van der Waals surface area contributed by atoms with Crippen molar-refractivity contribution in [3.8, 4) is 0 Å². The second kappa shape index (κ2) is 6.07. The number of carbonyl (C=O) groups is 1. The molecule has 2 aliphatic rings. The van der Waals surface area contributed by atoms with Crippen molar-refractivity contribution in [3.05, 3.63) is 12.1 Å². The van der Waals surface area contributed by atoms with Crippen LogP contribution in [0.3, 0.4) is 0 Å². The highest BCUT2D eigenvalue weighted by atomic mass is 16.5. The molecule has 0 bridgehead atoms. The maximum Gasteiger partial charge on any atom is 0.227 e. The molecular formula is C14H19N7O2. The molecule has 2 aromatic heterocycles. The Morgan fingerprint density at radius 3 is 2.96 bits per heavy atom. The Balaban J connectivity index is 1.48. The average Bonchev–Trinajstić information content (AvgIpc) is 3.09. The number of amides is 1. The molecule has 0 aromatic carbocycles. The van der Waals surface area contributed by atoms with E-state index < -0.39 is 0 Å². The van der Waals surface area contributed by atoms with E-state index >= 15 is 0 Å². The molecule has 0 radical (unpaired) electrons. The summed E-state index contributed by atoms with van der Waals surface area (Å²) in [5.74, 6) is 1.07. The van der Waals surface area contributed by atoms with Crippen molar-refractivity contribution in [3.63, 3.8) is 0 Å². The van der Waals surface area contributed by atoms with Crippen LogP contribution in [0.1, 0.15) is 12.8 Å². The molecule has 0 aliphatic carbocycles. The lowest BCUT2D eigenvalue weighted by atomic mass is 9.96. The third kappa shape index (κ3) is 2.83. The lowest BCUT2D eigenvalue weighted by Gasteiger charge is -2.36. The molecule has 23 heavy (non-hydrogen) atoms. The minimum absolute atomic E-state index is 0.0215. The topological polar surface area (TPSA) is 88.8 Å². The molecule has 0 unspecified atom stereocenters. The van der Waals surface area contributed by atoms with E-state index in [1.54, 1.807) is 0 Å². The number of hydrogen-bond acceptors (Lipinski definition) is 7. The lowest BCUT2D eigenvalue weighted by molar-refractivity contribution is -0.139. The fourth-order valence-corrected chi connectivity index (χ4v) is 3.24. The first-order valence-electron chi connectivity index (χ1n) is 7.98. The standard InChI is InChI=1S/C14H19N7O2/c22-14(19-6-8-23-9-7-19)11-2-1-5-20(10-11)13-4-3-12-15-17-18-21(12)16-13/h3-4,11H,1-2,5-10H2/t11-/m1/s1. The van der Waals surface area contributed by atoms with Gasteiger partial charge in [0, 0.05) is 26.2 Å². The van der Waals surface area contributed by atoms with Crippen molar-refractivity contribution >= 4 is 17.4 Å². The molecule has 1 atom stereocenters. The van der Waals surface area contributed by atoms with E-state index in [1.807, 2.05) is 17.0 Å². The summed E-state index contributed by atoms with van der Waals surface area (Å²) in [5.41, 5.74) is 0.617. The Bertz CT molecular complexity index is 697. The summed E-state index contributed by atoms with van der Waals surface area (Å²) < 4.78 is 6.74. The molecule has 4 rings (SSSR count). The van der Waals surface area contributed by atoms with Crippen molar-refractivity contribution < 1.29 is 9.53 Å². The largest absolute Gasteiger partial charge is 0.378 e. The van der Waals surface area contributed by atoms with Gasteiger partial charge in [-0.3, -0.25) is 4.79 Å². The van der Waals surface area contributed by atoms with Gasteiger partial charge in [0.15, 0.2) is 11.5 Å². The Morgan fingerprint density at radius 1 is 1.22 bits per heavy atom. The van der Waals surface area contributed by atoms with Gasteiger partial charge in [-0.15, -0.1) is 14.8 Å². The van der Waals surface area contributed by atoms with Gasteiger partial charge >= 0.3 is 0 Å². The second-order valence-corrected chi connectivity index (χ2v) is 5.94. The Morgan fingerprint density at radius 2 is 2.09 bits per heavy atom. The zero-order valence-electron chi connectivity index (χ0n) is 12.8. The fourth-order valence-electron chi connectivity index (χ4n) is 3.24. The number of nitrogens with zero attached hydrogens (tertiary/aromatic N) is 7. The molecule has 2 saturated heterocycles. The molecular weight excluding hydrogens is 298 g/mol. The van der Waals surface area contributed by atoms with Gasteiger partial charge in [0.2, 0.25) is 5.91 Å². The van der Waals surface area contributed by atoms with E-state index in [0.717, 1.165) is 25.2 Å². The van der Waals surface area contributed by atoms with E-state index in [0.29, 0.717) is 38.5 Å². The molecule has 2 aliphatic heterocycles. The van der Waals surface area contributed by atoms with E-state index in [1.165, 1.54) is 4.63 Å². The van der Waals surface area contributed by atoms with Crippen LogP contribution in [0, 0.1) is 5.92 Å². The monoisotopic (exact) mass is 317 g/mol. The summed E-state index contributed by atoms with van der Waals surface area (Å²) in [6.45, 7) is 4.26. The molecule has 9 nitrogen and oxygen atoms in total. The third-order valence-corrected chi connectivity index (χ3v) is 4.47. The second-order valence-electron chi connectivity index (χ2n) is 5.94. The summed E-state index contributed by atoms with van der Waals surface area (Å²) in [6.07, 6.45) is 1.91. The summed E-state index contributed by atoms with van der Waals surface area (Å²) in [4.78, 5) is 16.8. The highest BCUT2D eigenvalue weighted by Crippen LogP contribution is 2.23. The van der Waals surface area contributed by atoms with Crippen LogP contribution in [0.15, 0.2) is 12.1 Å². The van der Waals surface area contributed by atoms with Crippen molar-refractivity contribution in [2.24, 2.45) is 5.92 Å². The van der Waals surface area contributed by atoms with E-state index in [9.17, 15) is 4.79 Å². The Kier molecular flexibility index (Phi) is 3.78. The lowest BCUT2D eigenvalue weighted by Crippen LogP contribution is -2.48. The first-order valence-corrected chi connectivity index (χ1v) is 7.98. The molecule has 9 heteroatoms. The van der Waals surface area contributed by atoms with E-state index in [-0.39, 0.29) is 11.8 Å². The summed E-state index contributed by atoms with van der Waals surface area (Å²) >= 11 is 0.